The fourth-order valence-corrected chi connectivity index (χ4v) is 3.74. The Morgan fingerprint density at radius 3 is 2.54 bits per heavy atom. The Morgan fingerprint density at radius 2 is 1.93 bits per heavy atom. The van der Waals surface area contributed by atoms with Crippen LogP contribution in [0.3, 0.4) is 0 Å². The Bertz CT molecular complexity index is 1210. The lowest BCUT2D eigenvalue weighted by Crippen LogP contribution is -2.13. The zero-order valence-electron chi connectivity index (χ0n) is 14.8. The number of fused-ring (bicyclic) bond motifs is 1. The lowest BCUT2D eigenvalue weighted by atomic mass is 10.2. The topological polar surface area (TPSA) is 102 Å². The fourth-order valence-electron chi connectivity index (χ4n) is 2.68. The van der Waals surface area contributed by atoms with Gasteiger partial charge in [-0.05, 0) is 12.1 Å². The first-order valence-electron chi connectivity index (χ1n) is 8.07. The van der Waals surface area contributed by atoms with Crippen LogP contribution in [0.15, 0.2) is 29.4 Å². The molecule has 0 N–H and O–H groups in total. The van der Waals surface area contributed by atoms with E-state index in [1.165, 1.54) is 17.7 Å². The summed E-state index contributed by atoms with van der Waals surface area (Å²) in [4.78, 5) is 11.7. The van der Waals surface area contributed by atoms with E-state index in [1.807, 2.05) is 6.07 Å². The van der Waals surface area contributed by atoms with Gasteiger partial charge in [-0.1, -0.05) is 6.92 Å². The van der Waals surface area contributed by atoms with Gasteiger partial charge in [-0.15, -0.1) is 0 Å². The first kappa shape index (κ1) is 19.8. The number of halogens is 3. The summed E-state index contributed by atoms with van der Waals surface area (Å²) in [7, 11) is -2.42. The molecule has 0 saturated carbocycles. The number of hydrogen-bond acceptors (Lipinski definition) is 6. The van der Waals surface area contributed by atoms with Gasteiger partial charge in [-0.3, -0.25) is 9.97 Å². The molecule has 0 saturated heterocycles. The maximum absolute atomic E-state index is 13.1. The van der Waals surface area contributed by atoms with Gasteiger partial charge in [-0.2, -0.15) is 18.4 Å². The van der Waals surface area contributed by atoms with Crippen LogP contribution in [0.4, 0.5) is 13.2 Å². The summed E-state index contributed by atoms with van der Waals surface area (Å²) in [5, 5.41) is 8.79. The van der Waals surface area contributed by atoms with E-state index in [0.29, 0.717) is 29.0 Å². The average Bonchev–Trinajstić information content (AvgIpc) is 2.97. The Morgan fingerprint density at radius 1 is 1.21 bits per heavy atom. The molecular formula is C17H14F3N5O2S. The minimum Gasteiger partial charge on any atom is -0.324 e. The third-order valence-corrected chi connectivity index (χ3v) is 5.93. The summed E-state index contributed by atoms with van der Waals surface area (Å²) < 4.78 is 65.6. The molecule has 3 heterocycles. The molecule has 146 valence electrons. The first-order valence-corrected chi connectivity index (χ1v) is 9.72. The highest BCUT2D eigenvalue weighted by Crippen LogP contribution is 2.34. The van der Waals surface area contributed by atoms with E-state index in [4.69, 9.17) is 5.26 Å². The molecule has 11 heteroatoms. The SMILES string of the molecule is CCS(=O)(=O)c1cc(C(F)(F)F)cnc1-c1nc2cc(CC#N)ncc2n1C. The third-order valence-electron chi connectivity index (χ3n) is 4.19. The van der Waals surface area contributed by atoms with Gasteiger partial charge in [0, 0.05) is 13.2 Å². The maximum Gasteiger partial charge on any atom is 0.417 e. The van der Waals surface area contributed by atoms with Gasteiger partial charge in [0.2, 0.25) is 0 Å². The molecule has 0 spiro atoms. The number of rotatable bonds is 4. The van der Waals surface area contributed by atoms with Crippen LogP contribution in [0.2, 0.25) is 0 Å². The molecule has 3 aromatic rings. The zero-order chi connectivity index (χ0) is 20.7. The van der Waals surface area contributed by atoms with Crippen molar-refractivity contribution >= 4 is 20.9 Å². The minimum atomic E-state index is -4.73. The largest absolute Gasteiger partial charge is 0.417 e. The first-order chi connectivity index (χ1) is 13.1. The van der Waals surface area contributed by atoms with Gasteiger partial charge in [-0.25, -0.2) is 13.4 Å². The maximum atomic E-state index is 13.1. The second-order valence-electron chi connectivity index (χ2n) is 5.97. The lowest BCUT2D eigenvalue weighted by molar-refractivity contribution is -0.138. The van der Waals surface area contributed by atoms with Crippen molar-refractivity contribution < 1.29 is 21.6 Å². The van der Waals surface area contributed by atoms with Crippen LogP contribution in [0, 0.1) is 11.3 Å². The molecule has 3 aromatic heterocycles. The molecule has 0 amide bonds. The van der Waals surface area contributed by atoms with Gasteiger partial charge >= 0.3 is 6.18 Å². The number of alkyl halides is 3. The Kier molecular flexibility index (Phi) is 4.84. The van der Waals surface area contributed by atoms with Crippen LogP contribution >= 0.6 is 0 Å². The van der Waals surface area contributed by atoms with E-state index in [1.54, 1.807) is 13.1 Å². The zero-order valence-corrected chi connectivity index (χ0v) is 15.6. The monoisotopic (exact) mass is 409 g/mol. The Balaban J connectivity index is 2.29. The number of nitriles is 1. The number of hydrogen-bond donors (Lipinski definition) is 0. The van der Waals surface area contributed by atoms with Crippen LogP contribution in [-0.2, 0) is 29.5 Å². The van der Waals surface area contributed by atoms with E-state index >= 15 is 0 Å². The van der Waals surface area contributed by atoms with Crippen LogP contribution < -0.4 is 0 Å². The molecule has 0 fully saturated rings. The van der Waals surface area contributed by atoms with Gasteiger partial charge in [0.25, 0.3) is 0 Å². The Labute approximate surface area is 158 Å². The van der Waals surface area contributed by atoms with Gasteiger partial charge in [0.1, 0.15) is 5.69 Å². The van der Waals surface area contributed by atoms with Crippen molar-refractivity contribution in [2.24, 2.45) is 7.05 Å². The molecule has 0 radical (unpaired) electrons. The molecule has 0 unspecified atom stereocenters. The quantitative estimate of drug-likeness (QED) is 0.657. The molecule has 0 bridgehead atoms. The molecule has 3 rings (SSSR count). The molecule has 28 heavy (non-hydrogen) atoms. The van der Waals surface area contributed by atoms with Crippen molar-refractivity contribution in [2.75, 3.05) is 5.75 Å². The second kappa shape index (κ2) is 6.87. The molecule has 0 aliphatic carbocycles. The third kappa shape index (κ3) is 3.43. The fraction of sp³-hybridized carbons (Fsp3) is 0.294. The van der Waals surface area contributed by atoms with Gasteiger partial charge in [0.05, 0.1) is 51.6 Å². The van der Waals surface area contributed by atoms with E-state index in [2.05, 4.69) is 15.0 Å². The van der Waals surface area contributed by atoms with Crippen LogP contribution in [0.5, 0.6) is 0 Å². The van der Waals surface area contributed by atoms with Crippen molar-refractivity contribution in [3.8, 4) is 17.6 Å². The molecule has 0 atom stereocenters. The van der Waals surface area contributed by atoms with Gasteiger partial charge < -0.3 is 4.57 Å². The summed E-state index contributed by atoms with van der Waals surface area (Å²) in [6.45, 7) is 1.34. The predicted molar refractivity (Wildman–Crippen MR) is 93.8 cm³/mol. The van der Waals surface area contributed by atoms with Crippen LogP contribution in [-0.4, -0.2) is 33.7 Å². The highest BCUT2D eigenvalue weighted by molar-refractivity contribution is 7.91. The smallest absolute Gasteiger partial charge is 0.324 e. The standard InChI is InChI=1S/C17H14F3N5O2S/c1-3-28(26,27)14-6-10(17(18,19)20)8-23-15(14)16-24-12-7-11(4-5-21)22-9-13(12)25(16)2/h6-9H,3-4H2,1-2H3. The highest BCUT2D eigenvalue weighted by Gasteiger charge is 2.34. The van der Waals surface area contributed by atoms with Gasteiger partial charge in [0.15, 0.2) is 15.7 Å². The number of aromatic nitrogens is 4. The van der Waals surface area contributed by atoms with Crippen molar-refractivity contribution in [3.05, 3.63) is 35.8 Å². The predicted octanol–water partition coefficient (Wildman–Crippen LogP) is 2.91. The normalized spacial score (nSPS) is 12.3. The number of sulfone groups is 1. The van der Waals surface area contributed by atoms with Crippen molar-refractivity contribution in [1.82, 2.24) is 19.5 Å². The summed E-state index contributed by atoms with van der Waals surface area (Å²) in [5.74, 6) is -0.299. The van der Waals surface area contributed by atoms with Crippen LogP contribution in [0.1, 0.15) is 18.2 Å². The summed E-state index contributed by atoms with van der Waals surface area (Å²) >= 11 is 0. The molecular weight excluding hydrogens is 395 g/mol. The lowest BCUT2D eigenvalue weighted by Gasteiger charge is -2.12. The molecule has 0 aromatic carbocycles. The number of imidazole rings is 1. The van der Waals surface area contributed by atoms with E-state index in [9.17, 15) is 21.6 Å². The summed E-state index contributed by atoms with van der Waals surface area (Å²) in [6, 6.07) is 4.12. The highest BCUT2D eigenvalue weighted by atomic mass is 32.2. The van der Waals surface area contributed by atoms with Crippen molar-refractivity contribution in [1.29, 1.82) is 5.26 Å². The average molecular weight is 409 g/mol. The molecule has 0 aliphatic heterocycles. The Hall–Kier alpha value is -3.00. The molecule has 7 nitrogen and oxygen atoms in total. The minimum absolute atomic E-state index is 0.0653. The molecule has 0 aliphatic rings. The number of aryl methyl sites for hydroxylation is 1. The van der Waals surface area contributed by atoms with E-state index in [0.717, 1.165) is 0 Å². The second-order valence-corrected chi connectivity index (χ2v) is 8.21. The van der Waals surface area contributed by atoms with E-state index < -0.39 is 26.5 Å². The summed E-state index contributed by atoms with van der Waals surface area (Å²) in [5.41, 5.74) is 0.106. The number of pyridine rings is 2. The van der Waals surface area contributed by atoms with Crippen molar-refractivity contribution in [2.45, 2.75) is 24.4 Å². The van der Waals surface area contributed by atoms with Crippen molar-refractivity contribution in [3.63, 3.8) is 0 Å². The van der Waals surface area contributed by atoms with Crippen LogP contribution in [0.25, 0.3) is 22.6 Å². The number of nitrogens with zero attached hydrogens (tertiary/aromatic N) is 5. The van der Waals surface area contributed by atoms with E-state index in [-0.39, 0.29) is 23.7 Å². The summed E-state index contributed by atoms with van der Waals surface area (Å²) in [6.07, 6.45) is -2.61.